The van der Waals surface area contributed by atoms with Crippen molar-refractivity contribution in [1.82, 2.24) is 15.2 Å². The first kappa shape index (κ1) is 21.7. The maximum Gasteiger partial charge on any atom is 0.259 e. The lowest BCUT2D eigenvalue weighted by Crippen LogP contribution is -2.38. The van der Waals surface area contributed by atoms with Crippen molar-refractivity contribution in [1.29, 1.82) is 0 Å². The predicted molar refractivity (Wildman–Crippen MR) is 106 cm³/mol. The molecule has 1 atom stereocenters. The average Bonchev–Trinajstić information content (AvgIpc) is 3.08. The number of nitrogens with zero attached hydrogens (tertiary/aromatic N) is 2. The second-order valence-corrected chi connectivity index (χ2v) is 6.39. The van der Waals surface area contributed by atoms with Gasteiger partial charge in [0.25, 0.3) is 5.91 Å². The van der Waals surface area contributed by atoms with Crippen LogP contribution in [0.25, 0.3) is 0 Å². The van der Waals surface area contributed by atoms with Crippen molar-refractivity contribution in [2.45, 2.75) is 12.5 Å². The van der Waals surface area contributed by atoms with Crippen LogP contribution >= 0.6 is 40.7 Å². The van der Waals surface area contributed by atoms with E-state index in [-0.39, 0.29) is 36.8 Å². The smallest absolute Gasteiger partial charge is 0.259 e. The van der Waals surface area contributed by atoms with Gasteiger partial charge in [0.15, 0.2) is 0 Å². The Hall–Kier alpha value is -1.34. The second kappa shape index (κ2) is 9.97. The SMILES string of the molecule is CN(C(=O)c1cccnc1Oc1cccc(Br)c1)C1CCNC1.Cl.Cl. The highest BCUT2D eigenvalue weighted by atomic mass is 79.9. The first-order valence-corrected chi connectivity index (χ1v) is 8.31. The Morgan fingerprint density at radius 2 is 2.12 bits per heavy atom. The standard InChI is InChI=1S/C17H18BrN3O2.2ClH/c1-21(13-7-9-19-11-13)17(22)15-6-3-8-20-16(15)23-14-5-2-4-12(18)10-14;;/h2-6,8,10,13,19H,7,9,11H2,1H3;2*1H. The zero-order valence-electron chi connectivity index (χ0n) is 13.6. The minimum absolute atomic E-state index is 0. The van der Waals surface area contributed by atoms with Crippen molar-refractivity contribution >= 4 is 46.7 Å². The van der Waals surface area contributed by atoms with E-state index in [9.17, 15) is 4.79 Å². The van der Waals surface area contributed by atoms with Gasteiger partial charge < -0.3 is 15.0 Å². The molecule has 1 N–H and O–H groups in total. The lowest BCUT2D eigenvalue weighted by atomic mass is 10.2. The maximum absolute atomic E-state index is 12.8. The molecular weight excluding hydrogens is 429 g/mol. The number of halogens is 3. The topological polar surface area (TPSA) is 54.5 Å². The van der Waals surface area contributed by atoms with Gasteiger partial charge in [0.2, 0.25) is 5.88 Å². The Bertz CT molecular complexity index is 712. The minimum atomic E-state index is -0.0724. The zero-order chi connectivity index (χ0) is 16.2. The van der Waals surface area contributed by atoms with Gasteiger partial charge in [-0.05, 0) is 43.3 Å². The first-order chi connectivity index (χ1) is 11.1. The van der Waals surface area contributed by atoms with Crippen LogP contribution in [0.4, 0.5) is 0 Å². The van der Waals surface area contributed by atoms with Crippen molar-refractivity contribution in [3.8, 4) is 11.6 Å². The van der Waals surface area contributed by atoms with Crippen molar-refractivity contribution < 1.29 is 9.53 Å². The van der Waals surface area contributed by atoms with Crippen molar-refractivity contribution in [3.63, 3.8) is 0 Å². The molecule has 1 aliphatic heterocycles. The highest BCUT2D eigenvalue weighted by Crippen LogP contribution is 2.26. The minimum Gasteiger partial charge on any atom is -0.438 e. The molecule has 8 heteroatoms. The number of carbonyl (C=O) groups is 1. The van der Waals surface area contributed by atoms with Gasteiger partial charge in [-0.15, -0.1) is 24.8 Å². The third-order valence-electron chi connectivity index (χ3n) is 3.91. The number of ether oxygens (including phenoxy) is 1. The maximum atomic E-state index is 12.8. The van der Waals surface area contributed by atoms with Gasteiger partial charge >= 0.3 is 0 Å². The molecule has 5 nitrogen and oxygen atoms in total. The lowest BCUT2D eigenvalue weighted by Gasteiger charge is -2.24. The van der Waals surface area contributed by atoms with E-state index in [1.807, 2.05) is 31.3 Å². The summed E-state index contributed by atoms with van der Waals surface area (Å²) in [5, 5.41) is 3.27. The van der Waals surface area contributed by atoms with Crippen LogP contribution < -0.4 is 10.1 Å². The number of benzene rings is 1. The van der Waals surface area contributed by atoms with Crippen LogP contribution in [-0.4, -0.2) is 42.0 Å². The van der Waals surface area contributed by atoms with Crippen LogP contribution in [-0.2, 0) is 0 Å². The van der Waals surface area contributed by atoms with E-state index < -0.39 is 0 Å². The number of likely N-dealkylation sites (N-methyl/N-ethyl adjacent to an activating group) is 1. The van der Waals surface area contributed by atoms with Gasteiger partial charge in [0.1, 0.15) is 11.3 Å². The molecule has 1 aromatic heterocycles. The molecule has 1 unspecified atom stereocenters. The first-order valence-electron chi connectivity index (χ1n) is 7.51. The Kier molecular flexibility index (Phi) is 8.65. The number of carbonyl (C=O) groups excluding carboxylic acids is 1. The van der Waals surface area contributed by atoms with E-state index in [0.717, 1.165) is 24.0 Å². The Morgan fingerprint density at radius 3 is 2.80 bits per heavy atom. The van der Waals surface area contributed by atoms with E-state index in [0.29, 0.717) is 17.2 Å². The van der Waals surface area contributed by atoms with Crippen molar-refractivity contribution in [3.05, 3.63) is 52.6 Å². The number of hydrogen-bond donors (Lipinski definition) is 1. The van der Waals surface area contributed by atoms with Crippen LogP contribution in [0.1, 0.15) is 16.8 Å². The summed E-state index contributed by atoms with van der Waals surface area (Å²) < 4.78 is 6.73. The monoisotopic (exact) mass is 447 g/mol. The summed E-state index contributed by atoms with van der Waals surface area (Å²) in [4.78, 5) is 18.8. The molecule has 1 fully saturated rings. The molecule has 0 aliphatic carbocycles. The molecule has 1 aromatic carbocycles. The summed E-state index contributed by atoms with van der Waals surface area (Å²) in [6, 6.07) is 11.2. The van der Waals surface area contributed by atoms with E-state index >= 15 is 0 Å². The highest BCUT2D eigenvalue weighted by molar-refractivity contribution is 9.10. The Balaban J connectivity index is 0.00000156. The summed E-state index contributed by atoms with van der Waals surface area (Å²) in [5.41, 5.74) is 0.474. The van der Waals surface area contributed by atoms with Gasteiger partial charge in [-0.3, -0.25) is 4.79 Å². The number of nitrogens with one attached hydrogen (secondary N) is 1. The molecule has 136 valence electrons. The Morgan fingerprint density at radius 1 is 1.32 bits per heavy atom. The fourth-order valence-corrected chi connectivity index (χ4v) is 2.98. The molecule has 2 aromatic rings. The van der Waals surface area contributed by atoms with Gasteiger partial charge in [0, 0.05) is 30.3 Å². The quantitative estimate of drug-likeness (QED) is 0.770. The molecule has 3 rings (SSSR count). The fourth-order valence-electron chi connectivity index (χ4n) is 2.60. The van der Waals surface area contributed by atoms with Gasteiger partial charge in [-0.2, -0.15) is 0 Å². The molecule has 0 spiro atoms. The largest absolute Gasteiger partial charge is 0.438 e. The van der Waals surface area contributed by atoms with Crippen LogP contribution in [0.5, 0.6) is 11.6 Å². The van der Waals surface area contributed by atoms with Crippen molar-refractivity contribution in [2.24, 2.45) is 0 Å². The van der Waals surface area contributed by atoms with Gasteiger partial charge in [-0.1, -0.05) is 22.0 Å². The molecule has 25 heavy (non-hydrogen) atoms. The van der Waals surface area contributed by atoms with E-state index in [4.69, 9.17) is 4.74 Å². The molecular formula is C17H20BrCl2N3O2. The van der Waals surface area contributed by atoms with E-state index in [1.54, 1.807) is 23.2 Å². The van der Waals surface area contributed by atoms with E-state index in [2.05, 4.69) is 26.2 Å². The molecule has 1 amide bonds. The molecule has 0 bridgehead atoms. The van der Waals surface area contributed by atoms with Crippen LogP contribution in [0.15, 0.2) is 47.1 Å². The van der Waals surface area contributed by atoms with Crippen LogP contribution in [0.3, 0.4) is 0 Å². The summed E-state index contributed by atoms with van der Waals surface area (Å²) in [5.74, 6) is 0.891. The number of rotatable bonds is 4. The lowest BCUT2D eigenvalue weighted by molar-refractivity contribution is 0.0740. The summed E-state index contributed by atoms with van der Waals surface area (Å²) in [6.07, 6.45) is 2.59. The normalized spacial score (nSPS) is 15.7. The summed E-state index contributed by atoms with van der Waals surface area (Å²) >= 11 is 3.41. The van der Waals surface area contributed by atoms with E-state index in [1.165, 1.54) is 0 Å². The van der Waals surface area contributed by atoms with Crippen LogP contribution in [0.2, 0.25) is 0 Å². The third-order valence-corrected chi connectivity index (χ3v) is 4.41. The molecule has 2 heterocycles. The molecule has 1 saturated heterocycles. The van der Waals surface area contributed by atoms with Gasteiger partial charge in [0.05, 0.1) is 0 Å². The molecule has 0 saturated carbocycles. The second-order valence-electron chi connectivity index (χ2n) is 5.48. The third kappa shape index (κ3) is 5.31. The van der Waals surface area contributed by atoms with Gasteiger partial charge in [-0.25, -0.2) is 4.98 Å². The Labute approximate surface area is 168 Å². The molecule has 0 radical (unpaired) electrons. The zero-order valence-corrected chi connectivity index (χ0v) is 16.9. The summed E-state index contributed by atoms with van der Waals surface area (Å²) in [7, 11) is 1.83. The number of pyridine rings is 1. The fraction of sp³-hybridized carbons (Fsp3) is 0.294. The number of amides is 1. The molecule has 1 aliphatic rings. The highest BCUT2D eigenvalue weighted by Gasteiger charge is 2.26. The number of aromatic nitrogens is 1. The predicted octanol–water partition coefficient (Wildman–Crippen LogP) is 3.91. The van der Waals surface area contributed by atoms with Crippen molar-refractivity contribution in [2.75, 3.05) is 20.1 Å². The number of hydrogen-bond acceptors (Lipinski definition) is 4. The average molecular weight is 449 g/mol. The van der Waals surface area contributed by atoms with Crippen LogP contribution in [0, 0.1) is 0 Å². The summed E-state index contributed by atoms with van der Waals surface area (Å²) in [6.45, 7) is 1.76.